The van der Waals surface area contributed by atoms with Gasteiger partial charge in [-0.05, 0) is 108 Å². The lowest BCUT2D eigenvalue weighted by Crippen LogP contribution is -2.56. The van der Waals surface area contributed by atoms with Crippen molar-refractivity contribution >= 4 is 41.2 Å². The molecule has 0 aliphatic carbocycles. The molecule has 7 rings (SSSR count). The highest BCUT2D eigenvalue weighted by Gasteiger charge is 2.40. The molecule has 5 aromatic carbocycles. The highest BCUT2D eigenvalue weighted by atomic mass is 35.5. The van der Waals surface area contributed by atoms with E-state index in [-0.39, 0.29) is 31.8 Å². The highest BCUT2D eigenvalue weighted by molar-refractivity contribution is 6.42. The Morgan fingerprint density at radius 1 is 0.847 bits per heavy atom. The number of hydrogen-bond acceptors (Lipinski definition) is 8. The number of fused-ring (bicyclic) bond motifs is 2. The average molecular weight is 842 g/mol. The third-order valence-electron chi connectivity index (χ3n) is 10.0. The predicted molar refractivity (Wildman–Crippen MR) is 221 cm³/mol. The maximum Gasteiger partial charge on any atom is 0.411 e. The van der Waals surface area contributed by atoms with Gasteiger partial charge in [-0.1, -0.05) is 77.8 Å². The van der Waals surface area contributed by atoms with E-state index in [1.807, 2.05) is 66.7 Å². The molecule has 3 atom stereocenters. The topological polar surface area (TPSA) is 113 Å². The molecule has 0 bridgehead atoms. The number of hydrogen-bond donors (Lipinski definition) is 1. The van der Waals surface area contributed by atoms with Crippen molar-refractivity contribution < 1.29 is 42.5 Å². The fourth-order valence-electron chi connectivity index (χ4n) is 6.95. The zero-order valence-electron chi connectivity index (χ0n) is 32.9. The summed E-state index contributed by atoms with van der Waals surface area (Å²) in [5.41, 5.74) is 4.95. The molecule has 0 aromatic heterocycles. The van der Waals surface area contributed by atoms with Gasteiger partial charge in [0.15, 0.2) is 17.6 Å². The molecule has 5 aromatic rings. The number of rotatable bonds is 10. The third-order valence-corrected chi connectivity index (χ3v) is 10.7. The number of ether oxygens (including phenoxy) is 5. The molecule has 0 fully saturated rings. The van der Waals surface area contributed by atoms with Gasteiger partial charge in [-0.3, -0.25) is 9.69 Å². The van der Waals surface area contributed by atoms with E-state index in [9.17, 15) is 18.8 Å². The second kappa shape index (κ2) is 17.6. The fourth-order valence-corrected chi connectivity index (χ4v) is 7.27. The van der Waals surface area contributed by atoms with Crippen molar-refractivity contribution in [3.8, 4) is 28.4 Å². The smallest absolute Gasteiger partial charge is 0.411 e. The van der Waals surface area contributed by atoms with E-state index in [4.69, 9.17) is 46.9 Å². The maximum atomic E-state index is 14.2. The van der Waals surface area contributed by atoms with Gasteiger partial charge in [-0.2, -0.15) is 0 Å². The Bertz CT molecular complexity index is 2330. The Balaban J connectivity index is 1.06. The quantitative estimate of drug-likeness (QED) is 0.139. The fraction of sp³-hybridized carbons (Fsp3) is 0.283. The van der Waals surface area contributed by atoms with Crippen LogP contribution in [0.2, 0.25) is 10.0 Å². The lowest BCUT2D eigenvalue weighted by Gasteiger charge is -2.38. The van der Waals surface area contributed by atoms with Gasteiger partial charge in [-0.15, -0.1) is 0 Å². The highest BCUT2D eigenvalue weighted by Crippen LogP contribution is 2.41. The number of carbonyl (C=O) groups excluding carboxylic acids is 3. The van der Waals surface area contributed by atoms with Crippen LogP contribution in [-0.2, 0) is 45.1 Å². The van der Waals surface area contributed by atoms with Gasteiger partial charge < -0.3 is 29.0 Å². The molecule has 2 amide bonds. The summed E-state index contributed by atoms with van der Waals surface area (Å²) in [5.74, 6) is 0.181. The molecule has 1 unspecified atom stereocenters. The zero-order valence-corrected chi connectivity index (χ0v) is 34.4. The summed E-state index contributed by atoms with van der Waals surface area (Å²) in [6, 6.07) is 28.1. The number of amides is 2. The molecule has 306 valence electrons. The molecule has 0 saturated carbocycles. The Kier molecular flexibility index (Phi) is 12.3. The average Bonchev–Trinajstić information content (AvgIpc) is 3.22. The second-order valence-corrected chi connectivity index (χ2v) is 16.2. The summed E-state index contributed by atoms with van der Waals surface area (Å²) in [6.45, 7) is 5.87. The first-order chi connectivity index (χ1) is 28.2. The molecule has 13 heteroatoms. The van der Waals surface area contributed by atoms with Crippen molar-refractivity contribution in [2.24, 2.45) is 0 Å². The van der Waals surface area contributed by atoms with Crippen molar-refractivity contribution in [3.05, 3.63) is 147 Å². The standard InChI is InChI=1S/C46H43Cl2FN2O8/c1-46(2,3)59-45(54)51-24-33-23-41-40(57-26-42(58-41)31-12-16-35(17-13-31)56-25-28-7-18-36(47)37(48)19-28)22-32(33)21-39(51)43(52)50-38(44(53)55-4)20-27-5-8-29(9-6-27)30-10-14-34(49)15-11-30/h5-19,22-23,38-39,42H,20-21,24-26H2,1-4H3,(H,50,52)/t38-,39?,42+/m0/s1. The summed E-state index contributed by atoms with van der Waals surface area (Å²) in [4.78, 5) is 42.3. The van der Waals surface area contributed by atoms with E-state index in [1.54, 1.807) is 45.0 Å². The first-order valence-corrected chi connectivity index (χ1v) is 19.8. The number of benzene rings is 5. The molecule has 10 nitrogen and oxygen atoms in total. The van der Waals surface area contributed by atoms with Crippen LogP contribution in [0.5, 0.6) is 17.2 Å². The first-order valence-electron chi connectivity index (χ1n) is 19.1. The van der Waals surface area contributed by atoms with E-state index < -0.39 is 41.8 Å². The number of methoxy groups -OCH3 is 1. The molecule has 2 heterocycles. The minimum atomic E-state index is -1.05. The van der Waals surface area contributed by atoms with Crippen molar-refractivity contribution in [2.75, 3.05) is 13.7 Å². The van der Waals surface area contributed by atoms with Crippen LogP contribution in [-0.4, -0.2) is 54.3 Å². The van der Waals surface area contributed by atoms with E-state index in [0.717, 1.165) is 38.9 Å². The van der Waals surface area contributed by atoms with Crippen LogP contribution >= 0.6 is 23.2 Å². The largest absolute Gasteiger partial charge is 0.489 e. The summed E-state index contributed by atoms with van der Waals surface area (Å²) < 4.78 is 42.9. The SMILES string of the molecule is COC(=O)[C@H](Cc1ccc(-c2ccc(F)cc2)cc1)NC(=O)C1Cc2cc3c(cc2CN1C(=O)OC(C)(C)C)O[C@@H](c1ccc(OCc2ccc(Cl)c(Cl)c2)cc1)CO3. The van der Waals surface area contributed by atoms with Crippen molar-refractivity contribution in [3.63, 3.8) is 0 Å². The molecular weight excluding hydrogens is 798 g/mol. The predicted octanol–water partition coefficient (Wildman–Crippen LogP) is 9.45. The minimum absolute atomic E-state index is 0.0439. The summed E-state index contributed by atoms with van der Waals surface area (Å²) in [7, 11) is 1.25. The minimum Gasteiger partial charge on any atom is -0.489 e. The van der Waals surface area contributed by atoms with Gasteiger partial charge in [0.25, 0.3) is 0 Å². The molecule has 1 N–H and O–H groups in total. The van der Waals surface area contributed by atoms with Crippen molar-refractivity contribution in [2.45, 2.75) is 70.6 Å². The second-order valence-electron chi connectivity index (χ2n) is 15.4. The zero-order chi connectivity index (χ0) is 41.8. The lowest BCUT2D eigenvalue weighted by atomic mass is 9.92. The maximum absolute atomic E-state index is 14.2. The van der Waals surface area contributed by atoms with E-state index in [2.05, 4.69) is 5.32 Å². The van der Waals surface area contributed by atoms with Gasteiger partial charge in [0.05, 0.1) is 23.7 Å². The Labute approximate surface area is 352 Å². The van der Waals surface area contributed by atoms with Crippen molar-refractivity contribution in [1.82, 2.24) is 10.2 Å². The molecule has 0 spiro atoms. The van der Waals surface area contributed by atoms with Gasteiger partial charge in [0, 0.05) is 12.8 Å². The van der Waals surface area contributed by atoms with Gasteiger partial charge in [-0.25, -0.2) is 14.0 Å². The molecule has 0 radical (unpaired) electrons. The lowest BCUT2D eigenvalue weighted by molar-refractivity contribution is -0.145. The molecule has 0 saturated heterocycles. The molecule has 2 aliphatic rings. The Morgan fingerprint density at radius 3 is 2.17 bits per heavy atom. The van der Waals surface area contributed by atoms with Crippen LogP contribution in [0.25, 0.3) is 11.1 Å². The molecule has 59 heavy (non-hydrogen) atoms. The van der Waals surface area contributed by atoms with Crippen LogP contribution in [0.1, 0.15) is 54.7 Å². The number of halogens is 3. The van der Waals surface area contributed by atoms with Crippen molar-refractivity contribution in [1.29, 1.82) is 0 Å². The van der Waals surface area contributed by atoms with Gasteiger partial charge >= 0.3 is 12.1 Å². The molecular formula is C46H43Cl2FN2O8. The van der Waals surface area contributed by atoms with Crippen LogP contribution in [0.3, 0.4) is 0 Å². The monoisotopic (exact) mass is 840 g/mol. The third kappa shape index (κ3) is 10.1. The normalized spacial score (nSPS) is 16.4. The Hall–Kier alpha value is -5.78. The van der Waals surface area contributed by atoms with E-state index in [0.29, 0.717) is 33.9 Å². The summed E-state index contributed by atoms with van der Waals surface area (Å²) in [5, 5.41) is 3.79. The number of nitrogens with one attached hydrogen (secondary N) is 1. The summed E-state index contributed by atoms with van der Waals surface area (Å²) >= 11 is 12.2. The van der Waals surface area contributed by atoms with Gasteiger partial charge in [0.2, 0.25) is 5.91 Å². The number of nitrogens with zero attached hydrogens (tertiary/aromatic N) is 1. The Morgan fingerprint density at radius 2 is 1.51 bits per heavy atom. The first kappa shape index (κ1) is 41.4. The summed E-state index contributed by atoms with van der Waals surface area (Å²) in [6.07, 6.45) is -0.831. The van der Waals surface area contributed by atoms with Gasteiger partial charge in [0.1, 0.15) is 42.5 Å². The van der Waals surface area contributed by atoms with Crippen LogP contribution in [0, 0.1) is 5.82 Å². The van der Waals surface area contributed by atoms with E-state index >= 15 is 0 Å². The number of carbonyl (C=O) groups is 3. The van der Waals surface area contributed by atoms with Crippen LogP contribution in [0.15, 0.2) is 103 Å². The van der Waals surface area contributed by atoms with Crippen LogP contribution < -0.4 is 19.5 Å². The van der Waals surface area contributed by atoms with E-state index in [1.165, 1.54) is 24.1 Å². The molecule has 2 aliphatic heterocycles. The number of esters is 1. The van der Waals surface area contributed by atoms with Crippen LogP contribution in [0.4, 0.5) is 9.18 Å².